The van der Waals surface area contributed by atoms with E-state index in [4.69, 9.17) is 5.26 Å². The van der Waals surface area contributed by atoms with Crippen LogP contribution in [0.2, 0.25) is 0 Å². The third-order valence-corrected chi connectivity index (χ3v) is 2.59. The molecule has 0 saturated carbocycles. The molecular formula is C14H11FN2. The van der Waals surface area contributed by atoms with Crippen molar-refractivity contribution >= 4 is 0 Å². The van der Waals surface area contributed by atoms with Crippen LogP contribution in [0.5, 0.6) is 0 Å². The minimum atomic E-state index is -0.242. The predicted octanol–water partition coefficient (Wildman–Crippen LogP) is 2.99. The molecule has 1 aromatic carbocycles. The van der Waals surface area contributed by atoms with Gasteiger partial charge in [0.1, 0.15) is 11.9 Å². The molecule has 2 rings (SSSR count). The van der Waals surface area contributed by atoms with Crippen LogP contribution >= 0.6 is 0 Å². The largest absolute Gasteiger partial charge is 0.260 e. The van der Waals surface area contributed by atoms with Gasteiger partial charge in [0.15, 0.2) is 0 Å². The maximum atomic E-state index is 12.7. The molecule has 0 fully saturated rings. The van der Waals surface area contributed by atoms with E-state index < -0.39 is 0 Å². The summed E-state index contributed by atoms with van der Waals surface area (Å²) >= 11 is 0. The van der Waals surface area contributed by atoms with E-state index in [9.17, 15) is 4.39 Å². The van der Waals surface area contributed by atoms with E-state index in [0.717, 1.165) is 16.8 Å². The molecular weight excluding hydrogens is 215 g/mol. The Balaban J connectivity index is 2.25. The van der Waals surface area contributed by atoms with Crippen molar-refractivity contribution in [3.8, 4) is 6.07 Å². The summed E-state index contributed by atoms with van der Waals surface area (Å²) in [5, 5.41) is 8.91. The molecule has 0 radical (unpaired) electrons. The molecule has 2 aromatic rings. The zero-order chi connectivity index (χ0) is 12.3. The topological polar surface area (TPSA) is 36.7 Å². The van der Waals surface area contributed by atoms with Crippen LogP contribution in [-0.4, -0.2) is 4.98 Å². The minimum absolute atomic E-state index is 0.242. The van der Waals surface area contributed by atoms with Gasteiger partial charge in [-0.25, -0.2) is 4.39 Å². The molecule has 0 atom stereocenters. The summed E-state index contributed by atoms with van der Waals surface area (Å²) in [7, 11) is 0. The van der Waals surface area contributed by atoms with Crippen LogP contribution in [0.1, 0.15) is 22.4 Å². The molecule has 0 spiro atoms. The number of nitrogens with zero attached hydrogens (tertiary/aromatic N) is 2. The predicted molar refractivity (Wildman–Crippen MR) is 62.9 cm³/mol. The van der Waals surface area contributed by atoms with Crippen LogP contribution in [0.25, 0.3) is 0 Å². The molecule has 84 valence electrons. The quantitative estimate of drug-likeness (QED) is 0.789. The molecule has 1 aromatic heterocycles. The summed E-state index contributed by atoms with van der Waals surface area (Å²) in [6.45, 7) is 1.81. The first-order valence-electron chi connectivity index (χ1n) is 5.29. The molecule has 0 N–H and O–H groups in total. The average molecular weight is 226 g/mol. The van der Waals surface area contributed by atoms with Crippen LogP contribution in [0, 0.1) is 24.1 Å². The number of hydrogen-bond acceptors (Lipinski definition) is 2. The van der Waals surface area contributed by atoms with Crippen molar-refractivity contribution < 1.29 is 4.39 Å². The Morgan fingerprint density at radius 1 is 1.24 bits per heavy atom. The van der Waals surface area contributed by atoms with E-state index in [-0.39, 0.29) is 5.82 Å². The van der Waals surface area contributed by atoms with Crippen molar-refractivity contribution in [2.75, 3.05) is 0 Å². The van der Waals surface area contributed by atoms with Gasteiger partial charge in [-0.05, 0) is 42.7 Å². The number of rotatable bonds is 2. The first kappa shape index (κ1) is 11.3. The Bertz CT molecular complexity index is 568. The van der Waals surface area contributed by atoms with Crippen molar-refractivity contribution in [3.05, 3.63) is 64.7 Å². The molecule has 0 bridgehead atoms. The second-order valence-electron chi connectivity index (χ2n) is 3.89. The van der Waals surface area contributed by atoms with E-state index >= 15 is 0 Å². The Kier molecular flexibility index (Phi) is 3.15. The summed E-state index contributed by atoms with van der Waals surface area (Å²) in [5.41, 5.74) is 3.28. The highest BCUT2D eigenvalue weighted by Crippen LogP contribution is 2.12. The first-order chi connectivity index (χ1) is 8.19. The lowest BCUT2D eigenvalue weighted by Crippen LogP contribution is -1.94. The molecule has 0 aliphatic heterocycles. The number of benzene rings is 1. The number of aromatic nitrogens is 1. The van der Waals surface area contributed by atoms with E-state index in [1.165, 1.54) is 12.1 Å². The lowest BCUT2D eigenvalue weighted by Gasteiger charge is -2.03. The number of pyridine rings is 1. The summed E-state index contributed by atoms with van der Waals surface area (Å²) in [6.07, 6.45) is 2.40. The third kappa shape index (κ3) is 2.67. The second kappa shape index (κ2) is 4.75. The zero-order valence-electron chi connectivity index (χ0n) is 9.44. The summed E-state index contributed by atoms with van der Waals surface area (Å²) in [4.78, 5) is 4.17. The lowest BCUT2D eigenvalue weighted by atomic mass is 10.0. The van der Waals surface area contributed by atoms with Crippen molar-refractivity contribution in [2.24, 2.45) is 0 Å². The van der Waals surface area contributed by atoms with E-state index in [1.54, 1.807) is 25.3 Å². The number of nitriles is 1. The molecule has 17 heavy (non-hydrogen) atoms. The molecule has 0 aliphatic rings. The standard InChI is InChI=1S/C14H11FN2/c1-10-13(8-16)7-12(9-17-10)6-11-2-4-14(15)5-3-11/h2-5,7,9H,6H2,1H3. The fourth-order valence-corrected chi connectivity index (χ4v) is 1.62. The Hall–Kier alpha value is -2.21. The van der Waals surface area contributed by atoms with Gasteiger partial charge in [0.2, 0.25) is 0 Å². The monoisotopic (exact) mass is 226 g/mol. The SMILES string of the molecule is Cc1ncc(Cc2ccc(F)cc2)cc1C#N. The first-order valence-corrected chi connectivity index (χ1v) is 5.29. The smallest absolute Gasteiger partial charge is 0.123 e. The molecule has 2 nitrogen and oxygen atoms in total. The fraction of sp³-hybridized carbons (Fsp3) is 0.143. The van der Waals surface area contributed by atoms with Gasteiger partial charge in [-0.3, -0.25) is 4.98 Å². The van der Waals surface area contributed by atoms with Crippen LogP contribution in [-0.2, 0) is 6.42 Å². The van der Waals surface area contributed by atoms with Crippen molar-refractivity contribution in [1.82, 2.24) is 4.98 Å². The van der Waals surface area contributed by atoms with Gasteiger partial charge in [-0.15, -0.1) is 0 Å². The number of aryl methyl sites for hydroxylation is 1. The summed E-state index contributed by atoms with van der Waals surface area (Å²) in [6, 6.07) is 10.3. The molecule has 3 heteroatoms. The second-order valence-corrected chi connectivity index (χ2v) is 3.89. The normalized spacial score (nSPS) is 9.94. The Morgan fingerprint density at radius 3 is 2.59 bits per heavy atom. The lowest BCUT2D eigenvalue weighted by molar-refractivity contribution is 0.627. The van der Waals surface area contributed by atoms with Gasteiger partial charge in [0, 0.05) is 6.20 Å². The van der Waals surface area contributed by atoms with Gasteiger partial charge in [-0.2, -0.15) is 5.26 Å². The average Bonchev–Trinajstić information content (AvgIpc) is 2.34. The summed E-state index contributed by atoms with van der Waals surface area (Å²) in [5.74, 6) is -0.242. The van der Waals surface area contributed by atoms with Crippen LogP contribution in [0.4, 0.5) is 4.39 Å². The van der Waals surface area contributed by atoms with Crippen molar-refractivity contribution in [1.29, 1.82) is 5.26 Å². The van der Waals surface area contributed by atoms with Gasteiger partial charge in [0.25, 0.3) is 0 Å². The Labute approximate surface area is 99.4 Å². The maximum absolute atomic E-state index is 12.7. The van der Waals surface area contributed by atoms with Crippen LogP contribution < -0.4 is 0 Å². The van der Waals surface area contributed by atoms with E-state index in [2.05, 4.69) is 11.1 Å². The minimum Gasteiger partial charge on any atom is -0.260 e. The third-order valence-electron chi connectivity index (χ3n) is 2.59. The number of hydrogen-bond donors (Lipinski definition) is 0. The van der Waals surface area contributed by atoms with Gasteiger partial charge in [0.05, 0.1) is 11.3 Å². The van der Waals surface area contributed by atoms with Crippen LogP contribution in [0.3, 0.4) is 0 Å². The van der Waals surface area contributed by atoms with Crippen LogP contribution in [0.15, 0.2) is 36.5 Å². The summed E-state index contributed by atoms with van der Waals surface area (Å²) < 4.78 is 12.7. The number of halogens is 1. The zero-order valence-corrected chi connectivity index (χ0v) is 9.44. The maximum Gasteiger partial charge on any atom is 0.123 e. The van der Waals surface area contributed by atoms with Gasteiger partial charge in [-0.1, -0.05) is 12.1 Å². The highest BCUT2D eigenvalue weighted by Gasteiger charge is 2.02. The van der Waals surface area contributed by atoms with Crippen molar-refractivity contribution in [2.45, 2.75) is 13.3 Å². The Morgan fingerprint density at radius 2 is 1.94 bits per heavy atom. The highest BCUT2D eigenvalue weighted by atomic mass is 19.1. The van der Waals surface area contributed by atoms with Crippen molar-refractivity contribution in [3.63, 3.8) is 0 Å². The molecule has 1 heterocycles. The highest BCUT2D eigenvalue weighted by molar-refractivity contribution is 5.37. The molecule has 0 saturated heterocycles. The van der Waals surface area contributed by atoms with E-state index in [1.807, 2.05) is 6.07 Å². The van der Waals surface area contributed by atoms with E-state index in [0.29, 0.717) is 12.0 Å². The molecule has 0 unspecified atom stereocenters. The van der Waals surface area contributed by atoms with Gasteiger partial charge >= 0.3 is 0 Å². The molecule has 0 amide bonds. The molecule has 0 aliphatic carbocycles. The fourth-order valence-electron chi connectivity index (χ4n) is 1.62. The van der Waals surface area contributed by atoms with Gasteiger partial charge < -0.3 is 0 Å².